The Morgan fingerprint density at radius 2 is 1.94 bits per heavy atom. The van der Waals surface area contributed by atoms with Gasteiger partial charge in [-0.15, -0.1) is 0 Å². The van der Waals surface area contributed by atoms with E-state index in [1.54, 1.807) is 18.1 Å². The summed E-state index contributed by atoms with van der Waals surface area (Å²) in [6.07, 6.45) is 5.57. The first-order chi connectivity index (χ1) is 16.4. The van der Waals surface area contributed by atoms with Crippen molar-refractivity contribution in [1.82, 2.24) is 14.8 Å². The van der Waals surface area contributed by atoms with Crippen molar-refractivity contribution < 1.29 is 14.3 Å². The Balaban J connectivity index is 1.50. The zero-order valence-corrected chi connectivity index (χ0v) is 20.1. The van der Waals surface area contributed by atoms with Crippen molar-refractivity contribution in [2.24, 2.45) is 11.8 Å². The molecule has 1 atom stereocenters. The van der Waals surface area contributed by atoms with E-state index >= 15 is 0 Å². The van der Waals surface area contributed by atoms with Crippen LogP contribution in [0.25, 0.3) is 11.8 Å². The standard InChI is InChI=1S/C27H32N4O3/c1-18-13-22(19(2)31(18)24-8-10-25(34-3)11-9-24)14-23(15-28)27(33)30-12-4-5-21(17-30)26(32)29-16-20-6-7-20/h8-11,13-14,20-21H,4-7,12,16-17H2,1-3H3,(H,29,32)/b23-14+. The average Bonchev–Trinajstić information content (AvgIpc) is 3.65. The number of methoxy groups -OCH3 is 1. The van der Waals surface area contributed by atoms with Crippen molar-refractivity contribution in [2.45, 2.75) is 39.5 Å². The molecule has 7 heteroatoms. The smallest absolute Gasteiger partial charge is 0.264 e. The molecule has 2 aromatic rings. The van der Waals surface area contributed by atoms with Gasteiger partial charge in [-0.1, -0.05) is 0 Å². The van der Waals surface area contributed by atoms with Gasteiger partial charge < -0.3 is 19.5 Å². The maximum Gasteiger partial charge on any atom is 0.264 e. The van der Waals surface area contributed by atoms with E-state index in [1.165, 1.54) is 12.8 Å². The number of hydrogen-bond acceptors (Lipinski definition) is 4. The molecular formula is C27H32N4O3. The summed E-state index contributed by atoms with van der Waals surface area (Å²) in [6, 6.07) is 11.8. The Morgan fingerprint density at radius 1 is 1.21 bits per heavy atom. The maximum atomic E-state index is 13.2. The van der Waals surface area contributed by atoms with Crippen LogP contribution in [0.3, 0.4) is 0 Å². The van der Waals surface area contributed by atoms with E-state index in [1.807, 2.05) is 44.2 Å². The number of aryl methyl sites for hydroxylation is 1. The molecule has 1 N–H and O–H groups in total. The van der Waals surface area contributed by atoms with Gasteiger partial charge in [-0.05, 0) is 87.4 Å². The van der Waals surface area contributed by atoms with Crippen LogP contribution in [0.5, 0.6) is 5.75 Å². The third-order valence-corrected chi connectivity index (χ3v) is 6.79. The van der Waals surface area contributed by atoms with E-state index < -0.39 is 0 Å². The van der Waals surface area contributed by atoms with Crippen molar-refractivity contribution in [3.63, 3.8) is 0 Å². The summed E-state index contributed by atoms with van der Waals surface area (Å²) in [5.74, 6) is 0.906. The van der Waals surface area contributed by atoms with Crippen molar-refractivity contribution >= 4 is 17.9 Å². The lowest BCUT2D eigenvalue weighted by molar-refractivity contribution is -0.132. The van der Waals surface area contributed by atoms with Gasteiger partial charge >= 0.3 is 0 Å². The van der Waals surface area contributed by atoms with Crippen LogP contribution in [0.4, 0.5) is 0 Å². The fourth-order valence-electron chi connectivity index (χ4n) is 4.62. The number of carbonyl (C=O) groups excluding carboxylic acids is 2. The molecule has 1 aromatic heterocycles. The van der Waals surface area contributed by atoms with Crippen molar-refractivity contribution in [3.05, 3.63) is 52.9 Å². The minimum atomic E-state index is -0.309. The second-order valence-corrected chi connectivity index (χ2v) is 9.31. The number of likely N-dealkylation sites (tertiary alicyclic amines) is 1. The van der Waals surface area contributed by atoms with Crippen LogP contribution in [0, 0.1) is 37.0 Å². The number of nitriles is 1. The molecule has 2 heterocycles. The Kier molecular flexibility index (Phi) is 7.06. The SMILES string of the molecule is COc1ccc(-n2c(C)cc(/C=C(\C#N)C(=O)N3CCCC(C(=O)NCC4CC4)C3)c2C)cc1. The minimum Gasteiger partial charge on any atom is -0.497 e. The lowest BCUT2D eigenvalue weighted by Crippen LogP contribution is -2.46. The van der Waals surface area contributed by atoms with E-state index in [-0.39, 0.29) is 23.3 Å². The molecule has 2 fully saturated rings. The monoisotopic (exact) mass is 460 g/mol. The van der Waals surface area contributed by atoms with Crippen LogP contribution in [0.1, 0.15) is 42.6 Å². The third kappa shape index (κ3) is 5.17. The Hall–Kier alpha value is -3.53. The quantitative estimate of drug-likeness (QED) is 0.503. The zero-order chi connectivity index (χ0) is 24.2. The molecule has 0 radical (unpaired) electrons. The topological polar surface area (TPSA) is 87.4 Å². The zero-order valence-electron chi connectivity index (χ0n) is 20.1. The second-order valence-electron chi connectivity index (χ2n) is 9.31. The highest BCUT2D eigenvalue weighted by Gasteiger charge is 2.31. The van der Waals surface area contributed by atoms with Crippen LogP contribution < -0.4 is 10.1 Å². The molecule has 2 amide bonds. The third-order valence-electron chi connectivity index (χ3n) is 6.79. The summed E-state index contributed by atoms with van der Waals surface area (Å²) in [6.45, 7) is 5.63. The molecule has 1 unspecified atom stereocenters. The largest absolute Gasteiger partial charge is 0.497 e. The van der Waals surface area contributed by atoms with Gasteiger partial charge in [-0.25, -0.2) is 0 Å². The summed E-state index contributed by atoms with van der Waals surface area (Å²) < 4.78 is 7.34. The fourth-order valence-corrected chi connectivity index (χ4v) is 4.62. The predicted molar refractivity (Wildman–Crippen MR) is 130 cm³/mol. The summed E-state index contributed by atoms with van der Waals surface area (Å²) in [5, 5.41) is 12.8. The summed E-state index contributed by atoms with van der Waals surface area (Å²) in [4.78, 5) is 27.4. The van der Waals surface area contributed by atoms with E-state index in [9.17, 15) is 14.9 Å². The highest BCUT2D eigenvalue weighted by molar-refractivity contribution is 6.02. The Labute approximate surface area is 201 Å². The molecule has 1 aromatic carbocycles. The highest BCUT2D eigenvalue weighted by atomic mass is 16.5. The summed E-state index contributed by atoms with van der Waals surface area (Å²) in [7, 11) is 1.63. The van der Waals surface area contributed by atoms with Gasteiger partial charge in [0, 0.05) is 36.7 Å². The van der Waals surface area contributed by atoms with Crippen molar-refractivity contribution in [1.29, 1.82) is 5.26 Å². The molecule has 34 heavy (non-hydrogen) atoms. The van der Waals surface area contributed by atoms with Crippen LogP contribution >= 0.6 is 0 Å². The highest BCUT2D eigenvalue weighted by Crippen LogP contribution is 2.28. The number of nitrogens with zero attached hydrogens (tertiary/aromatic N) is 3. The number of aromatic nitrogens is 1. The first-order valence-electron chi connectivity index (χ1n) is 11.9. The number of hydrogen-bond donors (Lipinski definition) is 1. The Morgan fingerprint density at radius 3 is 2.59 bits per heavy atom. The molecule has 1 aliphatic carbocycles. The molecule has 7 nitrogen and oxygen atoms in total. The molecule has 4 rings (SSSR count). The first-order valence-corrected chi connectivity index (χ1v) is 11.9. The lowest BCUT2D eigenvalue weighted by atomic mass is 9.96. The van der Waals surface area contributed by atoms with Crippen LogP contribution in [-0.2, 0) is 9.59 Å². The first kappa shape index (κ1) is 23.6. The van der Waals surface area contributed by atoms with Gasteiger partial charge in [-0.3, -0.25) is 9.59 Å². The normalized spacial score (nSPS) is 18.4. The number of amides is 2. The number of benzene rings is 1. The van der Waals surface area contributed by atoms with Gasteiger partial charge in [-0.2, -0.15) is 5.26 Å². The maximum absolute atomic E-state index is 13.2. The average molecular weight is 461 g/mol. The fraction of sp³-hybridized carbons (Fsp3) is 0.444. The number of nitrogens with one attached hydrogen (secondary N) is 1. The summed E-state index contributed by atoms with van der Waals surface area (Å²) >= 11 is 0. The van der Waals surface area contributed by atoms with Gasteiger partial charge in [0.2, 0.25) is 5.91 Å². The number of piperidine rings is 1. The van der Waals surface area contributed by atoms with Crippen molar-refractivity contribution in [3.8, 4) is 17.5 Å². The van der Waals surface area contributed by atoms with Crippen molar-refractivity contribution in [2.75, 3.05) is 26.7 Å². The van der Waals surface area contributed by atoms with E-state index in [0.717, 1.165) is 47.8 Å². The molecule has 1 saturated carbocycles. The van der Waals surface area contributed by atoms with Crippen LogP contribution in [-0.4, -0.2) is 48.0 Å². The molecule has 0 spiro atoms. The van der Waals surface area contributed by atoms with Gasteiger partial charge in [0.1, 0.15) is 17.4 Å². The molecule has 178 valence electrons. The Bertz CT molecular complexity index is 1140. The minimum absolute atomic E-state index is 0.0231. The lowest BCUT2D eigenvalue weighted by Gasteiger charge is -2.32. The van der Waals surface area contributed by atoms with Gasteiger partial charge in [0.15, 0.2) is 0 Å². The molecule has 1 saturated heterocycles. The van der Waals surface area contributed by atoms with E-state index in [4.69, 9.17) is 4.74 Å². The predicted octanol–water partition coefficient (Wildman–Crippen LogP) is 3.77. The number of rotatable bonds is 7. The number of carbonyl (C=O) groups is 2. The second kappa shape index (κ2) is 10.2. The molecule has 1 aliphatic heterocycles. The number of ether oxygens (including phenoxy) is 1. The van der Waals surface area contributed by atoms with Gasteiger partial charge in [0.05, 0.1) is 13.0 Å². The summed E-state index contributed by atoms with van der Waals surface area (Å²) in [5.41, 5.74) is 3.85. The van der Waals surface area contributed by atoms with Crippen LogP contribution in [0.15, 0.2) is 35.9 Å². The molecule has 0 bridgehead atoms. The van der Waals surface area contributed by atoms with Gasteiger partial charge in [0.25, 0.3) is 5.91 Å². The van der Waals surface area contributed by atoms with E-state index in [0.29, 0.717) is 19.0 Å². The van der Waals surface area contributed by atoms with E-state index in [2.05, 4.69) is 16.0 Å². The molecule has 2 aliphatic rings. The van der Waals surface area contributed by atoms with Crippen LogP contribution in [0.2, 0.25) is 0 Å². The molecular weight excluding hydrogens is 428 g/mol.